The van der Waals surface area contributed by atoms with E-state index in [-0.39, 0.29) is 18.1 Å². The van der Waals surface area contributed by atoms with Crippen LogP contribution in [0, 0.1) is 0 Å². The highest BCUT2D eigenvalue weighted by atomic mass is 16.5. The number of urea groups is 1. The summed E-state index contributed by atoms with van der Waals surface area (Å²) in [5.74, 6) is 0.461. The van der Waals surface area contributed by atoms with Gasteiger partial charge in [-0.3, -0.25) is 4.79 Å². The van der Waals surface area contributed by atoms with Crippen LogP contribution < -0.4 is 10.9 Å². The number of nitrogens with one attached hydrogen (secondary N) is 2. The third-order valence-corrected chi connectivity index (χ3v) is 4.68. The molecule has 0 aliphatic carbocycles. The lowest BCUT2D eigenvalue weighted by Gasteiger charge is -2.21. The molecular weight excluding hydrogens is 368 g/mol. The normalized spacial score (nSPS) is 10.8. The van der Waals surface area contributed by atoms with Gasteiger partial charge >= 0.3 is 6.03 Å². The first-order chi connectivity index (χ1) is 14.1. The highest BCUT2D eigenvalue weighted by Crippen LogP contribution is 2.11. The smallest absolute Gasteiger partial charge is 0.318 e. The standard InChI is InChI=1S/C22H26N4O3/c1-3-26(14-20-24-19-12-8-7-11-18(19)21(27)25-20)22(28)23-13-16-9-5-6-10-17(16)15-29-4-2/h5-12H,3-4,13-15H2,1-2H3,(H,23,28)(H,24,25,27). The van der Waals surface area contributed by atoms with Crippen molar-refractivity contribution >= 4 is 16.9 Å². The van der Waals surface area contributed by atoms with E-state index < -0.39 is 0 Å². The molecule has 3 aromatic rings. The van der Waals surface area contributed by atoms with Gasteiger partial charge in [-0.1, -0.05) is 36.4 Å². The second kappa shape index (κ2) is 9.84. The second-order valence-corrected chi connectivity index (χ2v) is 6.61. The van der Waals surface area contributed by atoms with Crippen LogP contribution in [0.15, 0.2) is 53.3 Å². The molecule has 0 radical (unpaired) electrons. The van der Waals surface area contributed by atoms with E-state index in [4.69, 9.17) is 4.74 Å². The monoisotopic (exact) mass is 394 g/mol. The number of para-hydroxylation sites is 1. The van der Waals surface area contributed by atoms with Gasteiger partial charge in [-0.2, -0.15) is 0 Å². The van der Waals surface area contributed by atoms with Gasteiger partial charge in [0.1, 0.15) is 5.82 Å². The minimum Gasteiger partial charge on any atom is -0.377 e. The third-order valence-electron chi connectivity index (χ3n) is 4.68. The number of hydrogen-bond acceptors (Lipinski definition) is 4. The zero-order chi connectivity index (χ0) is 20.6. The Bertz CT molecular complexity index is 1030. The fraction of sp³-hybridized carbons (Fsp3) is 0.318. The number of H-pyrrole nitrogens is 1. The summed E-state index contributed by atoms with van der Waals surface area (Å²) in [6.07, 6.45) is 0. The number of amides is 2. The van der Waals surface area contributed by atoms with Crippen LogP contribution >= 0.6 is 0 Å². The van der Waals surface area contributed by atoms with Crippen LogP contribution in [0.2, 0.25) is 0 Å². The molecule has 2 aromatic carbocycles. The molecule has 7 nitrogen and oxygen atoms in total. The highest BCUT2D eigenvalue weighted by molar-refractivity contribution is 5.77. The first kappa shape index (κ1) is 20.5. The number of benzene rings is 2. The lowest BCUT2D eigenvalue weighted by molar-refractivity contribution is 0.133. The number of nitrogens with zero attached hydrogens (tertiary/aromatic N) is 2. The Hall–Kier alpha value is -3.19. The Morgan fingerprint density at radius 2 is 1.83 bits per heavy atom. The molecule has 152 valence electrons. The van der Waals surface area contributed by atoms with E-state index in [1.807, 2.05) is 44.2 Å². The number of carbonyl (C=O) groups is 1. The average molecular weight is 394 g/mol. The van der Waals surface area contributed by atoms with E-state index in [9.17, 15) is 9.59 Å². The molecule has 0 aliphatic heterocycles. The van der Waals surface area contributed by atoms with Crippen LogP contribution in [0.1, 0.15) is 30.8 Å². The Balaban J connectivity index is 1.68. The number of carbonyl (C=O) groups excluding carboxylic acids is 1. The zero-order valence-electron chi connectivity index (χ0n) is 16.8. The zero-order valence-corrected chi connectivity index (χ0v) is 16.8. The number of aromatic amines is 1. The minimum absolute atomic E-state index is 0.202. The number of hydrogen-bond donors (Lipinski definition) is 2. The Labute approximate surface area is 169 Å². The first-order valence-electron chi connectivity index (χ1n) is 9.77. The number of fused-ring (bicyclic) bond motifs is 1. The summed E-state index contributed by atoms with van der Waals surface area (Å²) in [5, 5.41) is 3.49. The third kappa shape index (κ3) is 5.20. The average Bonchev–Trinajstić information content (AvgIpc) is 2.75. The highest BCUT2D eigenvalue weighted by Gasteiger charge is 2.14. The summed E-state index contributed by atoms with van der Waals surface area (Å²) in [6.45, 7) is 6.12. The molecule has 2 amide bonds. The molecule has 0 saturated carbocycles. The lowest BCUT2D eigenvalue weighted by atomic mass is 10.1. The van der Waals surface area contributed by atoms with Crippen LogP contribution in [0.4, 0.5) is 4.79 Å². The Kier molecular flexibility index (Phi) is 6.97. The molecule has 0 saturated heterocycles. The van der Waals surface area contributed by atoms with E-state index in [1.165, 1.54) is 0 Å². The molecule has 1 heterocycles. The molecule has 1 aromatic heterocycles. The summed E-state index contributed by atoms with van der Waals surface area (Å²) < 4.78 is 5.50. The summed E-state index contributed by atoms with van der Waals surface area (Å²) in [7, 11) is 0. The van der Waals surface area contributed by atoms with Crippen molar-refractivity contribution < 1.29 is 9.53 Å². The Morgan fingerprint density at radius 3 is 2.59 bits per heavy atom. The molecule has 0 atom stereocenters. The fourth-order valence-corrected chi connectivity index (χ4v) is 3.08. The van der Waals surface area contributed by atoms with E-state index in [1.54, 1.807) is 23.1 Å². The predicted molar refractivity (Wildman–Crippen MR) is 112 cm³/mol. The van der Waals surface area contributed by atoms with Gasteiger partial charge in [0, 0.05) is 19.7 Å². The fourth-order valence-electron chi connectivity index (χ4n) is 3.08. The molecule has 29 heavy (non-hydrogen) atoms. The topological polar surface area (TPSA) is 87.3 Å². The number of aromatic nitrogens is 2. The van der Waals surface area contributed by atoms with Crippen molar-refractivity contribution in [3.05, 3.63) is 75.8 Å². The van der Waals surface area contributed by atoms with Crippen molar-refractivity contribution in [2.24, 2.45) is 0 Å². The van der Waals surface area contributed by atoms with Gasteiger partial charge in [-0.15, -0.1) is 0 Å². The van der Waals surface area contributed by atoms with Crippen molar-refractivity contribution in [3.63, 3.8) is 0 Å². The summed E-state index contributed by atoms with van der Waals surface area (Å²) in [5.41, 5.74) is 2.49. The Morgan fingerprint density at radius 1 is 1.10 bits per heavy atom. The molecule has 7 heteroatoms. The number of rotatable bonds is 8. The maximum atomic E-state index is 12.7. The molecule has 3 rings (SSSR count). The van der Waals surface area contributed by atoms with Crippen molar-refractivity contribution in [1.29, 1.82) is 0 Å². The quantitative estimate of drug-likeness (QED) is 0.614. The summed E-state index contributed by atoms with van der Waals surface area (Å²) >= 11 is 0. The van der Waals surface area contributed by atoms with Gasteiger partial charge in [-0.05, 0) is 37.1 Å². The molecular formula is C22H26N4O3. The van der Waals surface area contributed by atoms with E-state index in [0.717, 1.165) is 11.1 Å². The second-order valence-electron chi connectivity index (χ2n) is 6.61. The van der Waals surface area contributed by atoms with Gasteiger partial charge in [0.25, 0.3) is 5.56 Å². The number of ether oxygens (including phenoxy) is 1. The van der Waals surface area contributed by atoms with Crippen LogP contribution in [0.25, 0.3) is 10.9 Å². The molecule has 0 spiro atoms. The van der Waals surface area contributed by atoms with E-state index in [0.29, 0.717) is 43.0 Å². The minimum atomic E-state index is -0.213. The van der Waals surface area contributed by atoms with E-state index in [2.05, 4.69) is 15.3 Å². The van der Waals surface area contributed by atoms with Gasteiger partial charge < -0.3 is 19.9 Å². The van der Waals surface area contributed by atoms with Gasteiger partial charge in [0.05, 0.1) is 24.1 Å². The van der Waals surface area contributed by atoms with E-state index >= 15 is 0 Å². The van der Waals surface area contributed by atoms with Crippen LogP contribution in [-0.4, -0.2) is 34.1 Å². The van der Waals surface area contributed by atoms with Crippen molar-refractivity contribution in [2.45, 2.75) is 33.5 Å². The maximum absolute atomic E-state index is 12.7. The SMILES string of the molecule is CCOCc1ccccc1CNC(=O)N(CC)Cc1nc2ccccc2c(=O)[nH]1. The lowest BCUT2D eigenvalue weighted by Crippen LogP contribution is -2.39. The molecule has 0 bridgehead atoms. The van der Waals surface area contributed by atoms with Crippen LogP contribution in [-0.2, 0) is 24.4 Å². The summed E-state index contributed by atoms with van der Waals surface area (Å²) in [6, 6.07) is 14.8. The molecule has 0 unspecified atom stereocenters. The predicted octanol–water partition coefficient (Wildman–Crippen LogP) is 3.19. The van der Waals surface area contributed by atoms with Crippen LogP contribution in [0.3, 0.4) is 0 Å². The molecule has 0 fully saturated rings. The maximum Gasteiger partial charge on any atom is 0.318 e. The van der Waals surface area contributed by atoms with Crippen molar-refractivity contribution in [3.8, 4) is 0 Å². The van der Waals surface area contributed by atoms with Crippen LogP contribution in [0.5, 0.6) is 0 Å². The van der Waals surface area contributed by atoms with Crippen molar-refractivity contribution in [1.82, 2.24) is 20.2 Å². The molecule has 0 aliphatic rings. The largest absolute Gasteiger partial charge is 0.377 e. The van der Waals surface area contributed by atoms with Gasteiger partial charge in [-0.25, -0.2) is 9.78 Å². The first-order valence-corrected chi connectivity index (χ1v) is 9.77. The van der Waals surface area contributed by atoms with Gasteiger partial charge in [0.2, 0.25) is 0 Å². The summed E-state index contributed by atoms with van der Waals surface area (Å²) in [4.78, 5) is 33.8. The van der Waals surface area contributed by atoms with Crippen molar-refractivity contribution in [2.75, 3.05) is 13.2 Å². The molecule has 2 N–H and O–H groups in total. The van der Waals surface area contributed by atoms with Gasteiger partial charge in [0.15, 0.2) is 0 Å².